The van der Waals surface area contributed by atoms with Crippen molar-refractivity contribution >= 4 is 6.09 Å². The van der Waals surface area contributed by atoms with Gasteiger partial charge in [-0.1, -0.05) is 43.7 Å². The first-order valence-corrected chi connectivity index (χ1v) is 8.56. The van der Waals surface area contributed by atoms with Gasteiger partial charge in [0.05, 0.1) is 6.04 Å². The largest absolute Gasteiger partial charge is 0.442 e. The van der Waals surface area contributed by atoms with Gasteiger partial charge in [0.1, 0.15) is 5.60 Å². The molecule has 1 aliphatic rings. The van der Waals surface area contributed by atoms with Crippen molar-refractivity contribution in [3.8, 4) is 0 Å². The molecule has 0 spiro atoms. The molecular formula is C19H29NO3. The monoisotopic (exact) mass is 319 g/mol. The van der Waals surface area contributed by atoms with Gasteiger partial charge in [0.25, 0.3) is 0 Å². The normalized spacial score (nSPS) is 23.0. The van der Waals surface area contributed by atoms with E-state index in [-0.39, 0.29) is 24.7 Å². The summed E-state index contributed by atoms with van der Waals surface area (Å²) in [5, 5.41) is 9.12. The van der Waals surface area contributed by atoms with E-state index in [9.17, 15) is 4.79 Å². The zero-order valence-corrected chi connectivity index (χ0v) is 14.7. The Morgan fingerprint density at radius 2 is 1.91 bits per heavy atom. The van der Waals surface area contributed by atoms with Crippen molar-refractivity contribution in [1.29, 1.82) is 0 Å². The van der Waals surface area contributed by atoms with Crippen LogP contribution in [0.5, 0.6) is 0 Å². The van der Waals surface area contributed by atoms with Crippen LogP contribution in [0.1, 0.15) is 57.2 Å². The lowest BCUT2D eigenvalue weighted by molar-refractivity contribution is -0.0894. The van der Waals surface area contributed by atoms with Crippen LogP contribution in [0.3, 0.4) is 0 Å². The predicted octanol–water partition coefficient (Wildman–Crippen LogP) is 4.07. The summed E-state index contributed by atoms with van der Waals surface area (Å²) in [7, 11) is 0. The Labute approximate surface area is 139 Å². The quantitative estimate of drug-likeness (QED) is 0.860. The second-order valence-corrected chi connectivity index (χ2v) is 6.94. The molecule has 2 atom stereocenters. The highest BCUT2D eigenvalue weighted by Crippen LogP contribution is 2.37. The molecule has 1 saturated heterocycles. The fraction of sp³-hybridized carbons (Fsp3) is 0.632. The van der Waals surface area contributed by atoms with Gasteiger partial charge in [-0.2, -0.15) is 0 Å². The highest BCUT2D eigenvalue weighted by molar-refractivity contribution is 5.70. The van der Waals surface area contributed by atoms with Gasteiger partial charge in [-0.25, -0.2) is 4.79 Å². The van der Waals surface area contributed by atoms with Gasteiger partial charge in [-0.05, 0) is 38.2 Å². The minimum atomic E-state index is -0.441. The number of aryl methyl sites for hydroxylation is 1. The molecule has 0 saturated carbocycles. The number of hydrogen-bond acceptors (Lipinski definition) is 3. The van der Waals surface area contributed by atoms with Crippen molar-refractivity contribution in [2.75, 3.05) is 13.2 Å². The van der Waals surface area contributed by atoms with E-state index in [1.165, 1.54) is 5.56 Å². The number of cyclic esters (lactones) is 1. The first kappa shape index (κ1) is 17.8. The molecular weight excluding hydrogens is 290 g/mol. The number of rotatable bonds is 6. The molecule has 1 heterocycles. The number of hydrogen-bond donors (Lipinski definition) is 1. The van der Waals surface area contributed by atoms with E-state index in [2.05, 4.69) is 45.0 Å². The smallest absolute Gasteiger partial charge is 0.410 e. The number of carbonyl (C=O) groups is 1. The molecule has 1 aromatic carbocycles. The fourth-order valence-electron chi connectivity index (χ4n) is 3.31. The zero-order chi connectivity index (χ0) is 17.0. The van der Waals surface area contributed by atoms with E-state index < -0.39 is 5.60 Å². The lowest BCUT2D eigenvalue weighted by atomic mass is 9.81. The molecule has 2 rings (SSSR count). The number of carbonyl (C=O) groups excluding carboxylic acids is 1. The van der Waals surface area contributed by atoms with E-state index in [0.717, 1.165) is 18.4 Å². The van der Waals surface area contributed by atoms with Crippen LogP contribution in [0.4, 0.5) is 4.79 Å². The maximum atomic E-state index is 12.6. The third-order valence-corrected chi connectivity index (χ3v) is 5.14. The van der Waals surface area contributed by atoms with Gasteiger partial charge in [0.2, 0.25) is 0 Å². The lowest BCUT2D eigenvalue weighted by Crippen LogP contribution is -2.52. The Morgan fingerprint density at radius 1 is 1.26 bits per heavy atom. The minimum Gasteiger partial charge on any atom is -0.442 e. The molecule has 23 heavy (non-hydrogen) atoms. The van der Waals surface area contributed by atoms with E-state index in [0.29, 0.717) is 13.0 Å². The molecule has 1 aromatic rings. The summed E-state index contributed by atoms with van der Waals surface area (Å²) in [5.41, 5.74) is 1.90. The highest BCUT2D eigenvalue weighted by atomic mass is 16.6. The number of amides is 1. The van der Waals surface area contributed by atoms with E-state index in [4.69, 9.17) is 9.84 Å². The summed E-state index contributed by atoms with van der Waals surface area (Å²) < 4.78 is 5.89. The maximum Gasteiger partial charge on any atom is 0.410 e. The average Bonchev–Trinajstić information content (AvgIpc) is 2.53. The van der Waals surface area contributed by atoms with Crippen LogP contribution in [0.15, 0.2) is 24.3 Å². The molecule has 4 nitrogen and oxygen atoms in total. The molecule has 128 valence electrons. The van der Waals surface area contributed by atoms with Crippen molar-refractivity contribution in [2.24, 2.45) is 5.92 Å². The predicted molar refractivity (Wildman–Crippen MR) is 91.3 cm³/mol. The zero-order valence-electron chi connectivity index (χ0n) is 14.7. The summed E-state index contributed by atoms with van der Waals surface area (Å²) in [6, 6.07) is 8.29. The van der Waals surface area contributed by atoms with Crippen LogP contribution in [0.2, 0.25) is 0 Å². The first-order valence-electron chi connectivity index (χ1n) is 8.56. The standard InChI is InChI=1S/C19H29NO3/c1-14(2)19(10-5-13-21)11-12-20(18(22)23-19)16(4)17-8-6-15(3)7-9-17/h6-9,14,16,21H,5,10-13H2,1-4H3/t16-,19?/m0/s1. The summed E-state index contributed by atoms with van der Waals surface area (Å²) in [4.78, 5) is 14.4. The fourth-order valence-corrected chi connectivity index (χ4v) is 3.31. The molecule has 0 radical (unpaired) electrons. The molecule has 0 aromatic heterocycles. The number of benzene rings is 1. The third-order valence-electron chi connectivity index (χ3n) is 5.14. The van der Waals surface area contributed by atoms with Gasteiger partial charge in [0.15, 0.2) is 0 Å². The number of aliphatic hydroxyl groups is 1. The van der Waals surface area contributed by atoms with Crippen LogP contribution in [0.25, 0.3) is 0 Å². The third kappa shape index (κ3) is 3.86. The van der Waals surface area contributed by atoms with Gasteiger partial charge in [-0.3, -0.25) is 0 Å². The van der Waals surface area contributed by atoms with Crippen molar-refractivity contribution in [1.82, 2.24) is 4.90 Å². The van der Waals surface area contributed by atoms with E-state index >= 15 is 0 Å². The summed E-state index contributed by atoms with van der Waals surface area (Å²) in [5.74, 6) is 0.245. The van der Waals surface area contributed by atoms with Crippen LogP contribution < -0.4 is 0 Å². The number of ether oxygens (including phenoxy) is 1. The van der Waals surface area contributed by atoms with Crippen LogP contribution in [-0.2, 0) is 4.74 Å². The number of aliphatic hydroxyl groups excluding tert-OH is 1. The molecule has 1 fully saturated rings. The lowest BCUT2D eigenvalue weighted by Gasteiger charge is -2.45. The second kappa shape index (κ2) is 7.35. The van der Waals surface area contributed by atoms with Crippen molar-refractivity contribution in [2.45, 2.75) is 58.6 Å². The molecule has 1 N–H and O–H groups in total. The topological polar surface area (TPSA) is 49.8 Å². The van der Waals surface area contributed by atoms with Gasteiger partial charge < -0.3 is 14.7 Å². The van der Waals surface area contributed by atoms with Crippen LogP contribution in [-0.4, -0.2) is 34.9 Å². The molecule has 0 aliphatic carbocycles. The first-order chi connectivity index (χ1) is 10.9. The van der Waals surface area contributed by atoms with E-state index in [1.54, 1.807) is 0 Å². The van der Waals surface area contributed by atoms with Crippen LogP contribution >= 0.6 is 0 Å². The van der Waals surface area contributed by atoms with Gasteiger partial charge in [0, 0.05) is 19.6 Å². The molecule has 1 aliphatic heterocycles. The maximum absolute atomic E-state index is 12.6. The summed E-state index contributed by atoms with van der Waals surface area (Å²) in [6.45, 7) is 9.10. The van der Waals surface area contributed by atoms with Crippen molar-refractivity contribution in [3.63, 3.8) is 0 Å². The Morgan fingerprint density at radius 3 is 2.43 bits per heavy atom. The Bertz CT molecular complexity index is 526. The summed E-state index contributed by atoms with van der Waals surface area (Å²) in [6.07, 6.45) is 1.96. The SMILES string of the molecule is Cc1ccc([C@H](C)N2CCC(CCCO)(C(C)C)OC2=O)cc1. The Kier molecular flexibility index (Phi) is 5.69. The minimum absolute atomic E-state index is 0.00565. The van der Waals surface area contributed by atoms with Crippen molar-refractivity contribution in [3.05, 3.63) is 35.4 Å². The molecule has 4 heteroatoms. The Hall–Kier alpha value is -1.55. The van der Waals surface area contributed by atoms with E-state index in [1.807, 2.05) is 11.8 Å². The Balaban J connectivity index is 2.10. The van der Waals surface area contributed by atoms with Gasteiger partial charge in [-0.15, -0.1) is 0 Å². The molecule has 1 unspecified atom stereocenters. The average molecular weight is 319 g/mol. The van der Waals surface area contributed by atoms with Crippen molar-refractivity contribution < 1.29 is 14.6 Å². The molecule has 1 amide bonds. The second-order valence-electron chi connectivity index (χ2n) is 6.94. The van der Waals surface area contributed by atoms with Gasteiger partial charge >= 0.3 is 6.09 Å². The summed E-state index contributed by atoms with van der Waals surface area (Å²) >= 11 is 0. The highest BCUT2D eigenvalue weighted by Gasteiger charge is 2.43. The molecule has 0 bridgehead atoms. The number of nitrogens with zero attached hydrogens (tertiary/aromatic N) is 1. The van der Waals surface area contributed by atoms with Crippen LogP contribution in [0, 0.1) is 12.8 Å².